The number of fused-ring (bicyclic) bond motifs is 1. The minimum Gasteiger partial charge on any atom is -0.460 e. The molecule has 3 fully saturated rings. The van der Waals surface area contributed by atoms with Crippen molar-refractivity contribution in [3.8, 4) is 0 Å². The number of anilines is 2. The second-order valence-electron chi connectivity index (χ2n) is 9.41. The van der Waals surface area contributed by atoms with Gasteiger partial charge in [-0.1, -0.05) is 0 Å². The summed E-state index contributed by atoms with van der Waals surface area (Å²) in [5.74, 6) is 0.567. The summed E-state index contributed by atoms with van der Waals surface area (Å²) in [4.78, 5) is 28.1. The first kappa shape index (κ1) is 21.9. The van der Waals surface area contributed by atoms with Crippen molar-refractivity contribution in [3.63, 3.8) is 0 Å². The molecule has 3 aliphatic rings. The molecule has 0 radical (unpaired) electrons. The van der Waals surface area contributed by atoms with E-state index in [1.165, 1.54) is 4.90 Å². The Balaban J connectivity index is 1.31. The topological polar surface area (TPSA) is 102 Å². The van der Waals surface area contributed by atoms with Crippen LogP contribution in [0, 0.1) is 17.8 Å². The van der Waals surface area contributed by atoms with Crippen molar-refractivity contribution in [3.05, 3.63) is 24.3 Å². The van der Waals surface area contributed by atoms with Crippen molar-refractivity contribution in [2.75, 3.05) is 42.3 Å². The molecule has 1 saturated carbocycles. The number of ether oxygens (including phenoxy) is 2. The fraction of sp³-hybridized carbons (Fsp3) is 0.619. The molecule has 2 saturated heterocycles. The summed E-state index contributed by atoms with van der Waals surface area (Å²) in [6.07, 6.45) is -0.215. The summed E-state index contributed by atoms with van der Waals surface area (Å²) < 4.78 is 37.7. The fourth-order valence-electron chi connectivity index (χ4n) is 4.32. The highest BCUT2D eigenvalue weighted by atomic mass is 32.2. The van der Waals surface area contributed by atoms with Crippen molar-refractivity contribution in [2.24, 2.45) is 17.8 Å². The van der Waals surface area contributed by atoms with Crippen LogP contribution in [-0.2, 0) is 28.6 Å². The summed E-state index contributed by atoms with van der Waals surface area (Å²) in [5.41, 5.74) is 1.24. The average molecular weight is 453 g/mol. The van der Waals surface area contributed by atoms with E-state index in [0.29, 0.717) is 17.5 Å². The molecule has 1 aliphatic carbocycles. The molecule has 1 amide bonds. The van der Waals surface area contributed by atoms with Gasteiger partial charge in [-0.05, 0) is 56.9 Å². The maximum Gasteiger partial charge on any atom is 0.414 e. The Hall–Kier alpha value is -2.33. The maximum atomic E-state index is 12.3. The first-order valence-corrected chi connectivity index (χ1v) is 12.1. The minimum absolute atomic E-state index is 0.000191. The van der Waals surface area contributed by atoms with Gasteiger partial charge in [0.25, 0.3) is 10.1 Å². The molecular weight excluding hydrogens is 424 g/mol. The number of rotatable bonds is 6. The molecule has 2 heterocycles. The van der Waals surface area contributed by atoms with Crippen LogP contribution in [0.25, 0.3) is 0 Å². The molecule has 0 bridgehead atoms. The highest BCUT2D eigenvalue weighted by Gasteiger charge is 2.60. The molecule has 0 aromatic heterocycles. The second kappa shape index (κ2) is 7.67. The molecule has 10 heteroatoms. The number of esters is 1. The zero-order chi connectivity index (χ0) is 22.6. The van der Waals surface area contributed by atoms with Gasteiger partial charge in [0.1, 0.15) is 18.3 Å². The second-order valence-corrected chi connectivity index (χ2v) is 11.1. The number of cyclic esters (lactones) is 1. The normalized spacial score (nSPS) is 27.8. The lowest BCUT2D eigenvalue weighted by Crippen LogP contribution is -2.30. The van der Waals surface area contributed by atoms with Crippen molar-refractivity contribution in [1.82, 2.24) is 0 Å². The van der Waals surface area contributed by atoms with E-state index in [2.05, 4.69) is 4.90 Å². The van der Waals surface area contributed by atoms with Crippen LogP contribution >= 0.6 is 0 Å². The van der Waals surface area contributed by atoms with E-state index < -0.39 is 27.9 Å². The van der Waals surface area contributed by atoms with Gasteiger partial charge in [0, 0.05) is 24.5 Å². The van der Waals surface area contributed by atoms with Crippen molar-refractivity contribution in [2.45, 2.75) is 32.5 Å². The number of piperidine rings is 1. The molecule has 170 valence electrons. The molecule has 0 N–H and O–H groups in total. The van der Waals surface area contributed by atoms with Crippen molar-refractivity contribution < 1.29 is 31.7 Å². The summed E-state index contributed by atoms with van der Waals surface area (Å²) in [5, 5.41) is 0. The Kier molecular flexibility index (Phi) is 5.41. The van der Waals surface area contributed by atoms with Crippen LogP contribution in [0.15, 0.2) is 24.3 Å². The molecule has 31 heavy (non-hydrogen) atoms. The Labute approximate surface area is 182 Å². The third-order valence-corrected chi connectivity index (χ3v) is 6.31. The van der Waals surface area contributed by atoms with Crippen LogP contribution in [0.3, 0.4) is 0 Å². The lowest BCUT2D eigenvalue weighted by atomic mass is 10.2. The van der Waals surface area contributed by atoms with Crippen molar-refractivity contribution in [1.29, 1.82) is 0 Å². The van der Waals surface area contributed by atoms with Gasteiger partial charge in [-0.2, -0.15) is 8.42 Å². The third-order valence-electron chi connectivity index (χ3n) is 5.74. The Morgan fingerprint density at radius 1 is 1.10 bits per heavy atom. The Morgan fingerprint density at radius 2 is 1.68 bits per heavy atom. The predicted octanol–water partition coefficient (Wildman–Crippen LogP) is 2.01. The van der Waals surface area contributed by atoms with Gasteiger partial charge in [-0.3, -0.25) is 13.9 Å². The van der Waals surface area contributed by atoms with E-state index >= 15 is 0 Å². The largest absolute Gasteiger partial charge is 0.460 e. The monoisotopic (exact) mass is 452 g/mol. The van der Waals surface area contributed by atoms with E-state index in [4.69, 9.17) is 13.7 Å². The van der Waals surface area contributed by atoms with Gasteiger partial charge in [-0.25, -0.2) is 4.79 Å². The molecule has 0 spiro atoms. The number of hydrogen-bond acceptors (Lipinski definition) is 8. The van der Waals surface area contributed by atoms with Gasteiger partial charge < -0.3 is 14.4 Å². The van der Waals surface area contributed by atoms with Crippen LogP contribution in [0.1, 0.15) is 20.8 Å². The molecule has 9 nitrogen and oxygen atoms in total. The lowest BCUT2D eigenvalue weighted by molar-refractivity contribution is -0.157. The van der Waals surface area contributed by atoms with Gasteiger partial charge in [-0.15, -0.1) is 0 Å². The van der Waals surface area contributed by atoms with E-state index in [-0.39, 0.29) is 25.0 Å². The molecule has 4 rings (SSSR count). The van der Waals surface area contributed by atoms with Crippen LogP contribution in [0.5, 0.6) is 0 Å². The summed E-state index contributed by atoms with van der Waals surface area (Å²) in [7, 11) is -3.59. The zero-order valence-corrected chi connectivity index (χ0v) is 18.9. The molecule has 1 aromatic rings. The smallest absolute Gasteiger partial charge is 0.414 e. The highest BCUT2D eigenvalue weighted by Crippen LogP contribution is 2.53. The number of hydrogen-bond donors (Lipinski definition) is 0. The Bertz CT molecular complexity index is 958. The molecule has 1 unspecified atom stereocenters. The van der Waals surface area contributed by atoms with Gasteiger partial charge >= 0.3 is 12.1 Å². The maximum absolute atomic E-state index is 12.3. The average Bonchev–Trinajstić information content (AvgIpc) is 2.97. The quantitative estimate of drug-likeness (QED) is 0.477. The molecular formula is C21H28N2O7S. The predicted molar refractivity (Wildman–Crippen MR) is 113 cm³/mol. The number of amides is 1. The van der Waals surface area contributed by atoms with Crippen LogP contribution < -0.4 is 9.80 Å². The standard InChI is InChI=1S/C21H28N2O7S/c1-21(2,3)30-19(24)18-16-10-22(11-17(16)18)13-5-7-14(8-6-13)23-9-15(29-20(23)25)12-28-31(4,26)27/h5-8,15-18H,9-12H2,1-4H3/t15-,16-,17+,18?/m1/s1. The van der Waals surface area contributed by atoms with E-state index in [0.717, 1.165) is 25.0 Å². The number of carbonyl (C=O) groups is 2. The van der Waals surface area contributed by atoms with Crippen LogP contribution in [0.4, 0.5) is 16.2 Å². The summed E-state index contributed by atoms with van der Waals surface area (Å²) >= 11 is 0. The number of nitrogens with zero attached hydrogens (tertiary/aromatic N) is 2. The number of benzene rings is 1. The molecule has 4 atom stereocenters. The van der Waals surface area contributed by atoms with Crippen LogP contribution in [-0.4, -0.2) is 64.7 Å². The van der Waals surface area contributed by atoms with E-state index in [1.807, 2.05) is 45.0 Å². The lowest BCUT2D eigenvalue weighted by Gasteiger charge is -2.24. The van der Waals surface area contributed by atoms with Crippen LogP contribution in [0.2, 0.25) is 0 Å². The summed E-state index contributed by atoms with van der Waals surface area (Å²) in [6.45, 7) is 7.29. The first-order chi connectivity index (χ1) is 14.4. The Morgan fingerprint density at radius 3 is 2.23 bits per heavy atom. The van der Waals surface area contributed by atoms with Gasteiger partial charge in [0.15, 0.2) is 0 Å². The van der Waals surface area contributed by atoms with Gasteiger partial charge in [0.2, 0.25) is 0 Å². The minimum atomic E-state index is -3.59. The SMILES string of the molecule is CC(C)(C)OC(=O)C1[C@H]2CN(c3ccc(N4C[C@H](COS(C)(=O)=O)OC4=O)cc3)C[C@@H]12. The molecule has 1 aromatic carbocycles. The number of carbonyl (C=O) groups excluding carboxylic acids is 2. The highest BCUT2D eigenvalue weighted by molar-refractivity contribution is 7.85. The van der Waals surface area contributed by atoms with Gasteiger partial charge in [0.05, 0.1) is 18.7 Å². The van der Waals surface area contributed by atoms with Crippen molar-refractivity contribution >= 4 is 33.6 Å². The molecule has 2 aliphatic heterocycles. The zero-order valence-electron chi connectivity index (χ0n) is 18.1. The van der Waals surface area contributed by atoms with E-state index in [1.54, 1.807) is 0 Å². The fourth-order valence-corrected chi connectivity index (χ4v) is 4.72. The first-order valence-electron chi connectivity index (χ1n) is 10.3. The van der Waals surface area contributed by atoms with E-state index in [9.17, 15) is 18.0 Å². The summed E-state index contributed by atoms with van der Waals surface area (Å²) in [6, 6.07) is 7.56. The third kappa shape index (κ3) is 4.95.